The van der Waals surface area contributed by atoms with E-state index >= 15 is 0 Å². The molecule has 2 rings (SSSR count). The Balaban J connectivity index is 1.81. The van der Waals surface area contributed by atoms with Crippen LogP contribution in [0.25, 0.3) is 0 Å². The van der Waals surface area contributed by atoms with E-state index in [0.717, 1.165) is 5.56 Å². The molecule has 1 atom stereocenters. The minimum absolute atomic E-state index is 0.0106. The molecule has 1 amide bonds. The molecule has 4 heteroatoms. The van der Waals surface area contributed by atoms with Crippen molar-refractivity contribution in [2.45, 2.75) is 12.5 Å². The summed E-state index contributed by atoms with van der Waals surface area (Å²) in [5.74, 6) is -0.0106. The summed E-state index contributed by atoms with van der Waals surface area (Å²) < 4.78 is 5.19. The van der Waals surface area contributed by atoms with E-state index < -0.39 is 6.10 Å². The molecule has 1 aromatic rings. The van der Waals surface area contributed by atoms with Crippen molar-refractivity contribution in [3.05, 3.63) is 48.0 Å². The fraction of sp³-hybridized carbons (Fsp3) is 0.400. The zero-order chi connectivity index (χ0) is 13.5. The molecule has 0 spiro atoms. The average molecular weight is 261 g/mol. The molecule has 1 heterocycles. The number of benzene rings is 1. The Kier molecular flexibility index (Phi) is 5.12. The Bertz CT molecular complexity index is 424. The van der Waals surface area contributed by atoms with Crippen LogP contribution in [-0.4, -0.2) is 42.2 Å². The van der Waals surface area contributed by atoms with Gasteiger partial charge in [0.1, 0.15) is 0 Å². The highest BCUT2D eigenvalue weighted by Crippen LogP contribution is 2.16. The lowest BCUT2D eigenvalue weighted by atomic mass is 10.1. The second kappa shape index (κ2) is 7.07. The van der Waals surface area contributed by atoms with E-state index in [0.29, 0.717) is 32.7 Å². The maximum Gasteiger partial charge on any atom is 0.246 e. The fourth-order valence-electron chi connectivity index (χ4n) is 2.00. The number of amides is 1. The van der Waals surface area contributed by atoms with Gasteiger partial charge in [-0.2, -0.15) is 0 Å². The molecule has 0 saturated carbocycles. The van der Waals surface area contributed by atoms with Crippen molar-refractivity contribution in [3.63, 3.8) is 0 Å². The van der Waals surface area contributed by atoms with Gasteiger partial charge in [0, 0.05) is 13.1 Å². The second-order valence-electron chi connectivity index (χ2n) is 4.50. The van der Waals surface area contributed by atoms with E-state index in [2.05, 4.69) is 0 Å². The van der Waals surface area contributed by atoms with E-state index in [1.54, 1.807) is 11.0 Å². The average Bonchev–Trinajstić information content (AvgIpc) is 2.49. The van der Waals surface area contributed by atoms with Gasteiger partial charge in [-0.05, 0) is 18.1 Å². The first-order chi connectivity index (χ1) is 9.27. The normalized spacial score (nSPS) is 17.6. The number of carbonyl (C=O) groups excluding carboxylic acids is 1. The van der Waals surface area contributed by atoms with Gasteiger partial charge in [0.05, 0.1) is 19.3 Å². The van der Waals surface area contributed by atoms with Crippen molar-refractivity contribution >= 4 is 5.91 Å². The molecule has 19 heavy (non-hydrogen) atoms. The molecule has 1 N–H and O–H groups in total. The molecule has 0 bridgehead atoms. The third-order valence-corrected chi connectivity index (χ3v) is 3.13. The highest BCUT2D eigenvalue weighted by Gasteiger charge is 2.14. The number of aliphatic hydroxyl groups excluding tert-OH is 1. The largest absolute Gasteiger partial charge is 0.388 e. The summed E-state index contributed by atoms with van der Waals surface area (Å²) >= 11 is 0. The van der Waals surface area contributed by atoms with Gasteiger partial charge in [-0.15, -0.1) is 0 Å². The van der Waals surface area contributed by atoms with E-state index in [1.165, 1.54) is 6.08 Å². The zero-order valence-corrected chi connectivity index (χ0v) is 10.9. The van der Waals surface area contributed by atoms with Crippen molar-refractivity contribution in [1.29, 1.82) is 0 Å². The molecule has 1 aromatic carbocycles. The van der Waals surface area contributed by atoms with Crippen LogP contribution in [0.15, 0.2) is 42.5 Å². The third-order valence-electron chi connectivity index (χ3n) is 3.13. The van der Waals surface area contributed by atoms with Gasteiger partial charge in [0.25, 0.3) is 0 Å². The van der Waals surface area contributed by atoms with Gasteiger partial charge < -0.3 is 14.7 Å². The van der Waals surface area contributed by atoms with Crippen molar-refractivity contribution in [2.24, 2.45) is 0 Å². The third kappa shape index (κ3) is 4.19. The highest BCUT2D eigenvalue weighted by atomic mass is 16.5. The number of rotatable bonds is 4. The number of hydrogen-bond acceptors (Lipinski definition) is 3. The predicted molar refractivity (Wildman–Crippen MR) is 72.6 cm³/mol. The first-order valence-corrected chi connectivity index (χ1v) is 6.53. The molecule has 0 aromatic heterocycles. The monoisotopic (exact) mass is 261 g/mol. The Hall–Kier alpha value is -1.65. The second-order valence-corrected chi connectivity index (χ2v) is 4.50. The van der Waals surface area contributed by atoms with Gasteiger partial charge in [0.15, 0.2) is 0 Å². The Labute approximate surface area is 113 Å². The van der Waals surface area contributed by atoms with Crippen molar-refractivity contribution in [3.8, 4) is 0 Å². The molecule has 1 fully saturated rings. The van der Waals surface area contributed by atoms with Gasteiger partial charge in [-0.1, -0.05) is 36.4 Å². The Morgan fingerprint density at radius 3 is 2.68 bits per heavy atom. The minimum atomic E-state index is -0.560. The molecule has 0 aliphatic carbocycles. The Morgan fingerprint density at radius 2 is 2.00 bits per heavy atom. The molecule has 102 valence electrons. The van der Waals surface area contributed by atoms with Crippen LogP contribution in [0.1, 0.15) is 18.1 Å². The van der Waals surface area contributed by atoms with Crippen LogP contribution < -0.4 is 0 Å². The highest BCUT2D eigenvalue weighted by molar-refractivity contribution is 5.87. The standard InChI is InChI=1S/C15H19NO3/c17-14(13-5-2-1-3-6-13)7-4-8-15(18)16-9-11-19-12-10-16/h1-6,8,14,17H,7,9-12H2/b8-4+/t14-/m1/s1. The minimum Gasteiger partial charge on any atom is -0.388 e. The number of nitrogens with zero attached hydrogens (tertiary/aromatic N) is 1. The maximum absolute atomic E-state index is 11.8. The van der Waals surface area contributed by atoms with Crippen molar-refractivity contribution < 1.29 is 14.6 Å². The number of aliphatic hydroxyl groups is 1. The molecule has 4 nitrogen and oxygen atoms in total. The quantitative estimate of drug-likeness (QED) is 0.836. The van der Waals surface area contributed by atoms with Gasteiger partial charge in [-0.25, -0.2) is 0 Å². The fourth-order valence-corrected chi connectivity index (χ4v) is 2.00. The zero-order valence-electron chi connectivity index (χ0n) is 10.9. The van der Waals surface area contributed by atoms with Crippen molar-refractivity contribution in [1.82, 2.24) is 4.90 Å². The van der Waals surface area contributed by atoms with Gasteiger partial charge >= 0.3 is 0 Å². The lowest BCUT2D eigenvalue weighted by molar-refractivity contribution is -0.129. The van der Waals surface area contributed by atoms with Crippen LogP contribution in [0.4, 0.5) is 0 Å². The van der Waals surface area contributed by atoms with Crippen LogP contribution in [-0.2, 0) is 9.53 Å². The number of ether oxygens (including phenoxy) is 1. The summed E-state index contributed by atoms with van der Waals surface area (Å²) in [5.41, 5.74) is 0.867. The number of carbonyl (C=O) groups is 1. The van der Waals surface area contributed by atoms with E-state index in [9.17, 15) is 9.90 Å². The van der Waals surface area contributed by atoms with Crippen LogP contribution >= 0.6 is 0 Å². The first-order valence-electron chi connectivity index (χ1n) is 6.53. The predicted octanol–water partition coefficient (Wildman–Crippen LogP) is 1.53. The summed E-state index contributed by atoms with van der Waals surface area (Å²) in [4.78, 5) is 13.6. The number of hydrogen-bond donors (Lipinski definition) is 1. The molecule has 1 saturated heterocycles. The topological polar surface area (TPSA) is 49.8 Å². The molecular formula is C15H19NO3. The van der Waals surface area contributed by atoms with Crippen LogP contribution in [0.5, 0.6) is 0 Å². The molecule has 1 aliphatic heterocycles. The van der Waals surface area contributed by atoms with Crippen LogP contribution in [0.3, 0.4) is 0 Å². The van der Waals surface area contributed by atoms with Crippen LogP contribution in [0.2, 0.25) is 0 Å². The summed E-state index contributed by atoms with van der Waals surface area (Å²) in [7, 11) is 0. The first kappa shape index (κ1) is 13.8. The van der Waals surface area contributed by atoms with Gasteiger partial charge in [-0.3, -0.25) is 4.79 Å². The lowest BCUT2D eigenvalue weighted by Crippen LogP contribution is -2.39. The van der Waals surface area contributed by atoms with E-state index in [1.807, 2.05) is 30.3 Å². The lowest BCUT2D eigenvalue weighted by Gasteiger charge is -2.25. The maximum atomic E-state index is 11.8. The SMILES string of the molecule is O=C(/C=C/C[C@@H](O)c1ccccc1)N1CCOCC1. The Morgan fingerprint density at radius 1 is 1.32 bits per heavy atom. The molecule has 0 radical (unpaired) electrons. The molecular weight excluding hydrogens is 242 g/mol. The smallest absolute Gasteiger partial charge is 0.246 e. The van der Waals surface area contributed by atoms with Crippen LogP contribution in [0, 0.1) is 0 Å². The number of morpholine rings is 1. The molecule has 1 aliphatic rings. The summed E-state index contributed by atoms with van der Waals surface area (Å²) in [6.07, 6.45) is 3.16. The van der Waals surface area contributed by atoms with E-state index in [4.69, 9.17) is 4.74 Å². The van der Waals surface area contributed by atoms with E-state index in [-0.39, 0.29) is 5.91 Å². The van der Waals surface area contributed by atoms with Gasteiger partial charge in [0.2, 0.25) is 5.91 Å². The summed E-state index contributed by atoms with van der Waals surface area (Å²) in [6, 6.07) is 9.45. The molecule has 0 unspecified atom stereocenters. The summed E-state index contributed by atoms with van der Waals surface area (Å²) in [5, 5.41) is 9.95. The summed E-state index contributed by atoms with van der Waals surface area (Å²) in [6.45, 7) is 2.49. The van der Waals surface area contributed by atoms with Crippen molar-refractivity contribution in [2.75, 3.05) is 26.3 Å².